The molecule has 3 nitrogen and oxygen atoms in total. The molecular weight excluding hydrogens is 304 g/mol. The molecule has 2 N–H and O–H groups in total. The maximum Gasteiger partial charge on any atom is 0.236 e. The molecule has 0 spiro atoms. The van der Waals surface area contributed by atoms with Gasteiger partial charge in [0.05, 0.1) is 6.04 Å². The lowest BCUT2D eigenvalue weighted by molar-refractivity contribution is -0.123. The molecule has 0 radical (unpaired) electrons. The lowest BCUT2D eigenvalue weighted by atomic mass is 10.1. The third kappa shape index (κ3) is 5.74. The quantitative estimate of drug-likeness (QED) is 0.842. The second kappa shape index (κ2) is 7.65. The van der Waals surface area contributed by atoms with Crippen molar-refractivity contribution in [1.82, 2.24) is 10.6 Å². The van der Waals surface area contributed by atoms with Crippen LogP contribution in [0.4, 0.5) is 0 Å². The number of hydrogen-bond donors (Lipinski definition) is 2. The zero-order chi connectivity index (χ0) is 14.4. The Bertz CT molecular complexity index is 420. The van der Waals surface area contributed by atoms with E-state index in [9.17, 15) is 4.79 Å². The number of nitrogens with one attached hydrogen (secondary N) is 2. The second-order valence-corrected chi connectivity index (χ2v) is 6.22. The van der Waals surface area contributed by atoms with Crippen molar-refractivity contribution in [2.45, 2.75) is 39.8 Å². The van der Waals surface area contributed by atoms with Crippen LogP contribution in [0.2, 0.25) is 0 Å². The number of halogens is 1. The molecule has 4 heteroatoms. The minimum atomic E-state index is -0.201. The average Bonchev–Trinajstić information content (AvgIpc) is 2.35. The van der Waals surface area contributed by atoms with E-state index in [1.165, 1.54) is 0 Å². The predicted molar refractivity (Wildman–Crippen MR) is 83.0 cm³/mol. The Balaban J connectivity index is 2.51. The summed E-state index contributed by atoms with van der Waals surface area (Å²) in [5, 5.41) is 6.25. The smallest absolute Gasteiger partial charge is 0.236 e. The van der Waals surface area contributed by atoms with Gasteiger partial charge in [-0.1, -0.05) is 41.9 Å². The Kier molecular flexibility index (Phi) is 6.52. The topological polar surface area (TPSA) is 41.1 Å². The van der Waals surface area contributed by atoms with Crippen LogP contribution in [0.5, 0.6) is 0 Å². The summed E-state index contributed by atoms with van der Waals surface area (Å²) in [6, 6.07) is 8.05. The average molecular weight is 327 g/mol. The van der Waals surface area contributed by atoms with Crippen molar-refractivity contribution in [3.05, 3.63) is 34.3 Å². The van der Waals surface area contributed by atoms with Gasteiger partial charge in [-0.25, -0.2) is 0 Å². The fraction of sp³-hybridized carbons (Fsp3) is 0.533. The molecule has 106 valence electrons. The normalized spacial score (nSPS) is 14.2. The van der Waals surface area contributed by atoms with E-state index in [-0.39, 0.29) is 18.0 Å². The molecule has 1 unspecified atom stereocenters. The highest BCUT2D eigenvalue weighted by Gasteiger charge is 2.16. The van der Waals surface area contributed by atoms with Crippen molar-refractivity contribution in [2.75, 3.05) is 6.54 Å². The Labute approximate surface area is 124 Å². The first-order valence-corrected chi connectivity index (χ1v) is 7.48. The minimum absolute atomic E-state index is 0.0514. The fourth-order valence-corrected chi connectivity index (χ4v) is 2.20. The van der Waals surface area contributed by atoms with Crippen LogP contribution in [-0.4, -0.2) is 18.5 Å². The molecule has 1 aromatic carbocycles. The van der Waals surface area contributed by atoms with Gasteiger partial charge in [0.15, 0.2) is 0 Å². The Morgan fingerprint density at radius 2 is 1.95 bits per heavy atom. The van der Waals surface area contributed by atoms with Crippen molar-refractivity contribution in [2.24, 2.45) is 5.92 Å². The summed E-state index contributed by atoms with van der Waals surface area (Å²) in [6.45, 7) is 8.85. The molecule has 1 rings (SSSR count). The molecule has 2 atom stereocenters. The zero-order valence-corrected chi connectivity index (χ0v) is 13.6. The van der Waals surface area contributed by atoms with Crippen LogP contribution in [0.15, 0.2) is 28.7 Å². The van der Waals surface area contributed by atoms with E-state index in [0.717, 1.165) is 16.6 Å². The van der Waals surface area contributed by atoms with Gasteiger partial charge in [-0.3, -0.25) is 10.1 Å². The van der Waals surface area contributed by atoms with Gasteiger partial charge in [-0.2, -0.15) is 0 Å². The summed E-state index contributed by atoms with van der Waals surface area (Å²) >= 11 is 3.46. The first-order valence-electron chi connectivity index (χ1n) is 6.69. The standard InChI is InChI=1S/C15H23BrN2O/c1-10(2)9-17-15(19)12(4)18-11(3)13-6-5-7-14(16)8-13/h5-8,10-12,18H,9H2,1-4H3,(H,17,19)/t11-,12?/m1/s1. The van der Waals surface area contributed by atoms with Gasteiger partial charge < -0.3 is 5.32 Å². The third-order valence-corrected chi connectivity index (χ3v) is 3.42. The third-order valence-electron chi connectivity index (χ3n) is 2.93. The predicted octanol–water partition coefficient (Wildman–Crippen LogP) is 3.26. The van der Waals surface area contributed by atoms with Crippen LogP contribution in [0.3, 0.4) is 0 Å². The van der Waals surface area contributed by atoms with Gasteiger partial charge in [-0.15, -0.1) is 0 Å². The maximum absolute atomic E-state index is 11.9. The molecular formula is C15H23BrN2O. The SMILES string of the molecule is CC(C)CNC(=O)C(C)N[C@H](C)c1cccc(Br)c1. The van der Waals surface area contributed by atoms with Crippen molar-refractivity contribution < 1.29 is 4.79 Å². The van der Waals surface area contributed by atoms with E-state index in [4.69, 9.17) is 0 Å². The minimum Gasteiger partial charge on any atom is -0.354 e. The molecule has 0 aliphatic carbocycles. The molecule has 0 heterocycles. The first-order chi connectivity index (χ1) is 8.90. The highest BCUT2D eigenvalue weighted by Crippen LogP contribution is 2.18. The number of carbonyl (C=O) groups excluding carboxylic acids is 1. The van der Waals surface area contributed by atoms with E-state index >= 15 is 0 Å². The van der Waals surface area contributed by atoms with E-state index < -0.39 is 0 Å². The van der Waals surface area contributed by atoms with Gasteiger partial charge in [-0.05, 0) is 37.5 Å². The second-order valence-electron chi connectivity index (χ2n) is 5.30. The summed E-state index contributed by atoms with van der Waals surface area (Å²) in [5.41, 5.74) is 1.16. The number of rotatable bonds is 6. The summed E-state index contributed by atoms with van der Waals surface area (Å²) in [4.78, 5) is 11.9. The zero-order valence-electron chi connectivity index (χ0n) is 12.0. The fourth-order valence-electron chi connectivity index (χ4n) is 1.78. The molecule has 1 aromatic rings. The monoisotopic (exact) mass is 326 g/mol. The Morgan fingerprint density at radius 1 is 1.26 bits per heavy atom. The highest BCUT2D eigenvalue weighted by atomic mass is 79.9. The van der Waals surface area contributed by atoms with Gasteiger partial charge in [0.1, 0.15) is 0 Å². The van der Waals surface area contributed by atoms with Gasteiger partial charge >= 0.3 is 0 Å². The summed E-state index contributed by atoms with van der Waals surface area (Å²) in [6.07, 6.45) is 0. The van der Waals surface area contributed by atoms with Crippen molar-refractivity contribution >= 4 is 21.8 Å². The van der Waals surface area contributed by atoms with E-state index in [0.29, 0.717) is 5.92 Å². The van der Waals surface area contributed by atoms with E-state index in [2.05, 4.69) is 59.5 Å². The number of amides is 1. The van der Waals surface area contributed by atoms with Gasteiger partial charge in [0, 0.05) is 17.1 Å². The molecule has 0 fully saturated rings. The number of benzene rings is 1. The Morgan fingerprint density at radius 3 is 2.53 bits per heavy atom. The van der Waals surface area contributed by atoms with Crippen molar-refractivity contribution in [3.8, 4) is 0 Å². The number of hydrogen-bond acceptors (Lipinski definition) is 2. The highest BCUT2D eigenvalue weighted by molar-refractivity contribution is 9.10. The lowest BCUT2D eigenvalue weighted by Gasteiger charge is -2.20. The van der Waals surface area contributed by atoms with Gasteiger partial charge in [0.25, 0.3) is 0 Å². The molecule has 0 aromatic heterocycles. The van der Waals surface area contributed by atoms with Crippen LogP contribution in [-0.2, 0) is 4.79 Å². The largest absolute Gasteiger partial charge is 0.354 e. The molecule has 19 heavy (non-hydrogen) atoms. The van der Waals surface area contributed by atoms with Crippen molar-refractivity contribution in [3.63, 3.8) is 0 Å². The van der Waals surface area contributed by atoms with Crippen LogP contribution in [0.25, 0.3) is 0 Å². The van der Waals surface area contributed by atoms with Crippen LogP contribution >= 0.6 is 15.9 Å². The first kappa shape index (κ1) is 16.2. The van der Waals surface area contributed by atoms with E-state index in [1.807, 2.05) is 19.1 Å². The molecule has 0 aliphatic rings. The maximum atomic E-state index is 11.9. The number of carbonyl (C=O) groups is 1. The summed E-state index contributed by atoms with van der Waals surface area (Å²) < 4.78 is 1.05. The Hall–Kier alpha value is -0.870. The summed E-state index contributed by atoms with van der Waals surface area (Å²) in [7, 11) is 0. The van der Waals surface area contributed by atoms with Crippen molar-refractivity contribution in [1.29, 1.82) is 0 Å². The molecule has 0 saturated carbocycles. The van der Waals surface area contributed by atoms with Crippen LogP contribution in [0.1, 0.15) is 39.3 Å². The molecule has 0 aliphatic heterocycles. The molecule has 0 bridgehead atoms. The van der Waals surface area contributed by atoms with Crippen LogP contribution < -0.4 is 10.6 Å². The lowest BCUT2D eigenvalue weighted by Crippen LogP contribution is -2.44. The van der Waals surface area contributed by atoms with E-state index in [1.54, 1.807) is 0 Å². The van der Waals surface area contributed by atoms with Crippen LogP contribution in [0, 0.1) is 5.92 Å². The molecule has 0 saturated heterocycles. The summed E-state index contributed by atoms with van der Waals surface area (Å²) in [5.74, 6) is 0.522. The van der Waals surface area contributed by atoms with Gasteiger partial charge in [0.2, 0.25) is 5.91 Å². The molecule has 1 amide bonds.